The Bertz CT molecular complexity index is 899. The second kappa shape index (κ2) is 9.45. The van der Waals surface area contributed by atoms with Crippen LogP contribution in [-0.2, 0) is 0 Å². The number of allylic oxidation sites excluding steroid dienone is 10. The smallest absolute Gasteiger partial charge is 0.0372 e. The van der Waals surface area contributed by atoms with E-state index in [1.807, 2.05) is 0 Å². The fraction of sp³-hybridized carbons (Fsp3) is 0.308. The third-order valence-corrected chi connectivity index (χ3v) is 5.41. The zero-order valence-corrected chi connectivity index (χ0v) is 18.1. The predicted molar refractivity (Wildman–Crippen MR) is 123 cm³/mol. The molecule has 2 nitrogen and oxygen atoms in total. The van der Waals surface area contributed by atoms with Gasteiger partial charge in [0, 0.05) is 23.7 Å². The summed E-state index contributed by atoms with van der Waals surface area (Å²) >= 11 is 0. The number of rotatable bonds is 5. The van der Waals surface area contributed by atoms with Gasteiger partial charge < -0.3 is 11.5 Å². The predicted octanol–water partition coefficient (Wildman–Crippen LogP) is 6.42. The van der Waals surface area contributed by atoms with Gasteiger partial charge in [0.1, 0.15) is 0 Å². The molecule has 0 saturated heterocycles. The van der Waals surface area contributed by atoms with Crippen molar-refractivity contribution in [1.29, 1.82) is 0 Å². The molecular formula is C26H34N2. The second-order valence-corrected chi connectivity index (χ2v) is 7.99. The zero-order valence-electron chi connectivity index (χ0n) is 18.1. The lowest BCUT2D eigenvalue weighted by atomic mass is 9.88. The first-order chi connectivity index (χ1) is 13.2. The van der Waals surface area contributed by atoms with Crippen LogP contribution in [0, 0.1) is 0 Å². The molecule has 0 fully saturated rings. The average molecular weight is 375 g/mol. The lowest BCUT2D eigenvalue weighted by Crippen LogP contribution is -2.04. The summed E-state index contributed by atoms with van der Waals surface area (Å²) in [7, 11) is 0. The molecule has 0 aliphatic heterocycles. The van der Waals surface area contributed by atoms with Gasteiger partial charge >= 0.3 is 0 Å². The van der Waals surface area contributed by atoms with Gasteiger partial charge in [0.2, 0.25) is 0 Å². The number of hydrogen-bond donors (Lipinski definition) is 2. The Balaban J connectivity index is 2.54. The van der Waals surface area contributed by atoms with Gasteiger partial charge in [-0.1, -0.05) is 65.8 Å². The Morgan fingerprint density at radius 2 is 1.64 bits per heavy atom. The van der Waals surface area contributed by atoms with Gasteiger partial charge in [-0.05, 0) is 69.4 Å². The third kappa shape index (κ3) is 5.39. The maximum absolute atomic E-state index is 6.37. The van der Waals surface area contributed by atoms with Crippen molar-refractivity contribution in [2.75, 3.05) is 0 Å². The molecule has 0 radical (unpaired) electrons. The Kier molecular flexibility index (Phi) is 7.28. The summed E-state index contributed by atoms with van der Waals surface area (Å²) in [4.78, 5) is 0. The molecule has 4 N–H and O–H groups in total. The molecular weight excluding hydrogens is 340 g/mol. The molecule has 1 atom stereocenters. The van der Waals surface area contributed by atoms with Crippen molar-refractivity contribution in [3.63, 3.8) is 0 Å². The normalized spacial score (nSPS) is 16.9. The standard InChI is InChI=1S/C26H34N2/c1-17(2)21(6)26(28)19(4)12-13-24(22-10-8-7-9-11-22)23-14-18(3)15-25(27)20(5)16-23/h7-14,16,24H,15,27-28H2,1-6H3/b13-12+,26-19+. The van der Waals surface area contributed by atoms with Gasteiger partial charge in [0.25, 0.3) is 0 Å². The Morgan fingerprint density at radius 1 is 1.00 bits per heavy atom. The van der Waals surface area contributed by atoms with Gasteiger partial charge in [0.05, 0.1) is 0 Å². The Labute approximate surface area is 170 Å². The molecule has 0 bridgehead atoms. The van der Waals surface area contributed by atoms with Crippen molar-refractivity contribution in [3.05, 3.63) is 105 Å². The van der Waals surface area contributed by atoms with Gasteiger partial charge in [-0.3, -0.25) is 0 Å². The van der Waals surface area contributed by atoms with E-state index < -0.39 is 0 Å². The van der Waals surface area contributed by atoms with Crippen LogP contribution in [0.25, 0.3) is 0 Å². The minimum Gasteiger partial charge on any atom is -0.402 e. The first kappa shape index (κ1) is 21.6. The van der Waals surface area contributed by atoms with Crippen molar-refractivity contribution in [3.8, 4) is 0 Å². The lowest BCUT2D eigenvalue weighted by molar-refractivity contribution is 1.01. The van der Waals surface area contributed by atoms with Crippen LogP contribution >= 0.6 is 0 Å². The van der Waals surface area contributed by atoms with E-state index in [9.17, 15) is 0 Å². The van der Waals surface area contributed by atoms with E-state index in [0.717, 1.165) is 34.5 Å². The van der Waals surface area contributed by atoms with Crippen LogP contribution in [0.4, 0.5) is 0 Å². The Hall–Kier alpha value is -2.74. The molecule has 0 heterocycles. The largest absolute Gasteiger partial charge is 0.402 e. The zero-order chi connectivity index (χ0) is 20.8. The summed E-state index contributed by atoms with van der Waals surface area (Å²) in [5.74, 6) is 0.145. The maximum Gasteiger partial charge on any atom is 0.0372 e. The molecule has 2 rings (SSSR count). The first-order valence-electron chi connectivity index (χ1n) is 9.88. The minimum atomic E-state index is 0.145. The molecule has 1 unspecified atom stereocenters. The molecule has 1 aliphatic rings. The fourth-order valence-electron chi connectivity index (χ4n) is 3.31. The molecule has 0 aromatic heterocycles. The summed E-state index contributed by atoms with van der Waals surface area (Å²) in [5.41, 5.74) is 22.8. The van der Waals surface area contributed by atoms with E-state index in [-0.39, 0.29) is 5.92 Å². The lowest BCUT2D eigenvalue weighted by Gasteiger charge is -2.16. The highest BCUT2D eigenvalue weighted by Gasteiger charge is 2.15. The molecule has 28 heavy (non-hydrogen) atoms. The highest BCUT2D eigenvalue weighted by atomic mass is 14.6. The molecule has 1 aliphatic carbocycles. The number of benzene rings is 1. The molecule has 148 valence electrons. The summed E-state index contributed by atoms with van der Waals surface area (Å²) in [6.07, 6.45) is 9.71. The second-order valence-electron chi connectivity index (χ2n) is 7.99. The van der Waals surface area contributed by atoms with Crippen molar-refractivity contribution in [2.45, 2.75) is 53.9 Å². The summed E-state index contributed by atoms with van der Waals surface area (Å²) in [6.45, 7) is 12.6. The van der Waals surface area contributed by atoms with Crippen LogP contribution in [0.15, 0.2) is 99.5 Å². The van der Waals surface area contributed by atoms with E-state index in [0.29, 0.717) is 0 Å². The monoisotopic (exact) mass is 374 g/mol. The van der Waals surface area contributed by atoms with Crippen molar-refractivity contribution in [1.82, 2.24) is 0 Å². The third-order valence-electron chi connectivity index (χ3n) is 5.41. The van der Waals surface area contributed by atoms with E-state index in [2.05, 4.69) is 96.2 Å². The quantitative estimate of drug-likeness (QED) is 0.584. The average Bonchev–Trinajstić information content (AvgIpc) is 2.78. The molecule has 1 aromatic carbocycles. The SMILES string of the molecule is CC1=CC(C(/C=C/C(C)=C(/N)C(C)=C(C)C)c2ccccc2)=CC(C)=C(N)C1. The van der Waals surface area contributed by atoms with Gasteiger partial charge in [-0.2, -0.15) is 0 Å². The topological polar surface area (TPSA) is 52.0 Å². The van der Waals surface area contributed by atoms with E-state index in [1.54, 1.807) is 0 Å². The van der Waals surface area contributed by atoms with Gasteiger partial charge in [0.15, 0.2) is 0 Å². The maximum atomic E-state index is 6.37. The van der Waals surface area contributed by atoms with Gasteiger partial charge in [-0.15, -0.1) is 0 Å². The van der Waals surface area contributed by atoms with Crippen molar-refractivity contribution >= 4 is 0 Å². The minimum absolute atomic E-state index is 0.145. The fourth-order valence-corrected chi connectivity index (χ4v) is 3.31. The first-order valence-corrected chi connectivity index (χ1v) is 9.88. The number of nitrogens with two attached hydrogens (primary N) is 2. The number of hydrogen-bond acceptors (Lipinski definition) is 2. The highest BCUT2D eigenvalue weighted by Crippen LogP contribution is 2.32. The molecule has 0 amide bonds. The van der Waals surface area contributed by atoms with Crippen LogP contribution in [0.2, 0.25) is 0 Å². The highest BCUT2D eigenvalue weighted by molar-refractivity contribution is 5.48. The molecule has 2 heteroatoms. The van der Waals surface area contributed by atoms with Crippen LogP contribution in [0.1, 0.15) is 59.4 Å². The summed E-state index contributed by atoms with van der Waals surface area (Å²) < 4.78 is 0. The van der Waals surface area contributed by atoms with E-state index in [4.69, 9.17) is 11.5 Å². The molecule has 1 aromatic rings. The van der Waals surface area contributed by atoms with Crippen LogP contribution in [-0.4, -0.2) is 0 Å². The van der Waals surface area contributed by atoms with Crippen LogP contribution < -0.4 is 11.5 Å². The van der Waals surface area contributed by atoms with Gasteiger partial charge in [-0.25, -0.2) is 0 Å². The van der Waals surface area contributed by atoms with Crippen molar-refractivity contribution < 1.29 is 0 Å². The van der Waals surface area contributed by atoms with Crippen molar-refractivity contribution in [2.24, 2.45) is 11.5 Å². The van der Waals surface area contributed by atoms with E-state index in [1.165, 1.54) is 22.3 Å². The summed E-state index contributed by atoms with van der Waals surface area (Å²) in [6, 6.07) is 10.6. The van der Waals surface area contributed by atoms with Crippen LogP contribution in [0.3, 0.4) is 0 Å². The summed E-state index contributed by atoms with van der Waals surface area (Å²) in [5, 5.41) is 0. The van der Waals surface area contributed by atoms with E-state index >= 15 is 0 Å². The molecule has 0 spiro atoms. The van der Waals surface area contributed by atoms with Crippen LogP contribution in [0.5, 0.6) is 0 Å². The Morgan fingerprint density at radius 3 is 2.25 bits per heavy atom. The molecule has 0 saturated carbocycles.